The summed E-state index contributed by atoms with van der Waals surface area (Å²) in [6.45, 7) is 0.0851. The normalized spacial score (nSPS) is 15.2. The first-order valence-corrected chi connectivity index (χ1v) is 7.83. The molecule has 1 atom stereocenters. The van der Waals surface area contributed by atoms with Crippen molar-refractivity contribution in [3.8, 4) is 11.4 Å². The molecule has 2 N–H and O–H groups in total. The van der Waals surface area contributed by atoms with Crippen LogP contribution >= 0.6 is 0 Å². The van der Waals surface area contributed by atoms with Crippen LogP contribution in [0.5, 0.6) is 5.75 Å². The van der Waals surface area contributed by atoms with Crippen LogP contribution in [-0.2, 0) is 0 Å². The molecule has 0 radical (unpaired) electrons. The van der Waals surface area contributed by atoms with E-state index in [1.807, 2.05) is 24.3 Å². The van der Waals surface area contributed by atoms with Crippen molar-refractivity contribution in [3.63, 3.8) is 0 Å². The summed E-state index contributed by atoms with van der Waals surface area (Å²) in [6, 6.07) is 9.20. The summed E-state index contributed by atoms with van der Waals surface area (Å²) in [6.07, 6.45) is 4.58. The Kier molecular flexibility index (Phi) is 4.62. The fourth-order valence-corrected chi connectivity index (χ4v) is 2.63. The van der Waals surface area contributed by atoms with Gasteiger partial charge >= 0.3 is 0 Å². The van der Waals surface area contributed by atoms with Crippen LogP contribution in [0.4, 0.5) is 0 Å². The van der Waals surface area contributed by atoms with Crippen molar-refractivity contribution >= 4 is 5.91 Å². The van der Waals surface area contributed by atoms with Gasteiger partial charge in [0.05, 0.1) is 12.8 Å². The van der Waals surface area contributed by atoms with Gasteiger partial charge in [0.15, 0.2) is 5.69 Å². The summed E-state index contributed by atoms with van der Waals surface area (Å²) in [7, 11) is 1.62. The van der Waals surface area contributed by atoms with Crippen LogP contribution < -0.4 is 10.1 Å². The lowest BCUT2D eigenvalue weighted by molar-refractivity contribution is 0.0918. The first kappa shape index (κ1) is 15.6. The molecular formula is C17H21N3O3. The summed E-state index contributed by atoms with van der Waals surface area (Å²) in [4.78, 5) is 12.3. The molecule has 6 nitrogen and oxygen atoms in total. The Morgan fingerprint density at radius 3 is 2.74 bits per heavy atom. The third-order valence-corrected chi connectivity index (χ3v) is 4.11. The second-order valence-corrected chi connectivity index (χ2v) is 5.77. The number of hydrogen-bond donors (Lipinski definition) is 2. The van der Waals surface area contributed by atoms with E-state index in [0.29, 0.717) is 18.0 Å². The van der Waals surface area contributed by atoms with Gasteiger partial charge in [0.2, 0.25) is 0 Å². The Bertz CT molecular complexity index is 662. The van der Waals surface area contributed by atoms with Crippen LogP contribution in [0.25, 0.3) is 5.69 Å². The Morgan fingerprint density at radius 2 is 2.13 bits per heavy atom. The molecule has 1 aliphatic rings. The predicted octanol–water partition coefficient (Wildman–Crippen LogP) is 1.77. The highest BCUT2D eigenvalue weighted by molar-refractivity contribution is 5.92. The minimum Gasteiger partial charge on any atom is -0.497 e. The molecule has 0 saturated heterocycles. The van der Waals surface area contributed by atoms with Gasteiger partial charge in [-0.25, -0.2) is 4.68 Å². The van der Waals surface area contributed by atoms with Crippen LogP contribution in [0, 0.1) is 5.92 Å². The Hall–Kier alpha value is -2.34. The van der Waals surface area contributed by atoms with E-state index in [9.17, 15) is 4.79 Å². The van der Waals surface area contributed by atoms with Crippen molar-refractivity contribution < 1.29 is 14.6 Å². The van der Waals surface area contributed by atoms with E-state index < -0.39 is 0 Å². The lowest BCUT2D eigenvalue weighted by Gasteiger charge is -2.16. The molecule has 1 amide bonds. The molecule has 3 rings (SSSR count). The van der Waals surface area contributed by atoms with Crippen molar-refractivity contribution in [2.24, 2.45) is 5.92 Å². The maximum Gasteiger partial charge on any atom is 0.272 e. The number of hydrogen-bond acceptors (Lipinski definition) is 4. The van der Waals surface area contributed by atoms with Crippen LogP contribution in [0.15, 0.2) is 36.5 Å². The largest absolute Gasteiger partial charge is 0.497 e. The van der Waals surface area contributed by atoms with Gasteiger partial charge in [0, 0.05) is 18.8 Å². The molecule has 122 valence electrons. The zero-order valence-corrected chi connectivity index (χ0v) is 13.1. The highest BCUT2D eigenvalue weighted by atomic mass is 16.5. The van der Waals surface area contributed by atoms with Crippen LogP contribution in [0.2, 0.25) is 0 Å². The number of carbonyl (C=O) groups excluding carboxylic acids is 1. The third kappa shape index (κ3) is 3.71. The second kappa shape index (κ2) is 6.83. The maximum absolute atomic E-state index is 12.3. The number of aliphatic hydroxyl groups excluding tert-OH is 1. The number of carbonyl (C=O) groups is 1. The highest BCUT2D eigenvalue weighted by Gasteiger charge is 2.32. The molecule has 6 heteroatoms. The van der Waals surface area contributed by atoms with Gasteiger partial charge < -0.3 is 15.2 Å². The number of amides is 1. The Labute approximate surface area is 135 Å². The standard InChI is InChI=1S/C17H21N3O3/c1-23-14-6-4-13(5-7-14)20-10-8-16(19-20)17(22)18-15(9-11-21)12-2-3-12/h4-8,10,12,15,21H,2-3,9,11H2,1H3,(H,18,22). The SMILES string of the molecule is COc1ccc(-n2ccc(C(=O)NC(CCO)C3CC3)n2)cc1. The summed E-state index contributed by atoms with van der Waals surface area (Å²) in [5.41, 5.74) is 1.24. The summed E-state index contributed by atoms with van der Waals surface area (Å²) < 4.78 is 6.79. The molecule has 1 heterocycles. The monoisotopic (exact) mass is 315 g/mol. The maximum atomic E-state index is 12.3. The third-order valence-electron chi connectivity index (χ3n) is 4.11. The number of aromatic nitrogens is 2. The minimum atomic E-state index is -0.192. The Balaban J connectivity index is 1.68. The predicted molar refractivity (Wildman–Crippen MR) is 85.8 cm³/mol. The van der Waals surface area contributed by atoms with Crippen molar-refractivity contribution in [1.82, 2.24) is 15.1 Å². The minimum absolute atomic E-state index is 0.0404. The number of nitrogens with one attached hydrogen (secondary N) is 1. The number of rotatable bonds is 7. The number of benzene rings is 1. The smallest absolute Gasteiger partial charge is 0.272 e. The molecular weight excluding hydrogens is 294 g/mol. The van der Waals surface area contributed by atoms with E-state index in [-0.39, 0.29) is 18.6 Å². The van der Waals surface area contributed by atoms with Crippen LogP contribution in [-0.4, -0.2) is 40.6 Å². The van der Waals surface area contributed by atoms with E-state index in [2.05, 4.69) is 10.4 Å². The molecule has 0 bridgehead atoms. The molecule has 2 aromatic rings. The number of aliphatic hydroxyl groups is 1. The van der Waals surface area contributed by atoms with Gasteiger partial charge in [0.1, 0.15) is 5.75 Å². The molecule has 0 aliphatic heterocycles. The van der Waals surface area contributed by atoms with E-state index in [1.165, 1.54) is 0 Å². The lowest BCUT2D eigenvalue weighted by atomic mass is 10.1. The quantitative estimate of drug-likeness (QED) is 0.816. The van der Waals surface area contributed by atoms with Gasteiger partial charge in [-0.2, -0.15) is 5.10 Å². The van der Waals surface area contributed by atoms with E-state index in [1.54, 1.807) is 24.1 Å². The lowest BCUT2D eigenvalue weighted by Crippen LogP contribution is -2.37. The molecule has 1 fully saturated rings. The van der Waals surface area contributed by atoms with Gasteiger partial charge in [0.25, 0.3) is 5.91 Å². The van der Waals surface area contributed by atoms with Crippen molar-refractivity contribution in [1.29, 1.82) is 0 Å². The van der Waals surface area contributed by atoms with Gasteiger partial charge in [-0.1, -0.05) is 0 Å². The molecule has 1 unspecified atom stereocenters. The summed E-state index contributed by atoms with van der Waals surface area (Å²) in [5.74, 6) is 1.08. The number of nitrogens with zero attached hydrogens (tertiary/aromatic N) is 2. The zero-order chi connectivity index (χ0) is 16.2. The fraction of sp³-hybridized carbons (Fsp3) is 0.412. The molecule has 1 aromatic carbocycles. The van der Waals surface area contributed by atoms with E-state index >= 15 is 0 Å². The average Bonchev–Trinajstić information content (AvgIpc) is 3.31. The first-order chi connectivity index (χ1) is 11.2. The molecule has 1 saturated carbocycles. The first-order valence-electron chi connectivity index (χ1n) is 7.83. The van der Waals surface area contributed by atoms with Crippen LogP contribution in [0.1, 0.15) is 29.8 Å². The number of ether oxygens (including phenoxy) is 1. The summed E-state index contributed by atoms with van der Waals surface area (Å²) >= 11 is 0. The number of methoxy groups -OCH3 is 1. The fourth-order valence-electron chi connectivity index (χ4n) is 2.63. The summed E-state index contributed by atoms with van der Waals surface area (Å²) in [5, 5.41) is 16.4. The van der Waals surface area contributed by atoms with E-state index in [0.717, 1.165) is 24.3 Å². The molecule has 0 spiro atoms. The van der Waals surface area contributed by atoms with E-state index in [4.69, 9.17) is 9.84 Å². The average molecular weight is 315 g/mol. The Morgan fingerprint density at radius 1 is 1.39 bits per heavy atom. The van der Waals surface area contributed by atoms with Crippen molar-refractivity contribution in [2.75, 3.05) is 13.7 Å². The molecule has 1 aliphatic carbocycles. The highest BCUT2D eigenvalue weighted by Crippen LogP contribution is 2.34. The van der Waals surface area contributed by atoms with Crippen LogP contribution in [0.3, 0.4) is 0 Å². The zero-order valence-electron chi connectivity index (χ0n) is 13.1. The molecule has 23 heavy (non-hydrogen) atoms. The second-order valence-electron chi connectivity index (χ2n) is 5.77. The molecule has 1 aromatic heterocycles. The van der Waals surface area contributed by atoms with Crippen molar-refractivity contribution in [3.05, 3.63) is 42.2 Å². The van der Waals surface area contributed by atoms with Gasteiger partial charge in [-0.3, -0.25) is 4.79 Å². The van der Waals surface area contributed by atoms with Gasteiger partial charge in [-0.05, 0) is 55.5 Å². The van der Waals surface area contributed by atoms with Crippen molar-refractivity contribution in [2.45, 2.75) is 25.3 Å². The topological polar surface area (TPSA) is 76.4 Å². The van der Waals surface area contributed by atoms with Gasteiger partial charge in [-0.15, -0.1) is 0 Å².